The number of nitrogens with zero attached hydrogens (tertiary/aromatic N) is 4. The molecule has 0 N–H and O–H groups in total. The first-order valence-electron chi connectivity index (χ1n) is 6.71. The molecule has 2 heterocycles. The second-order valence-electron chi connectivity index (χ2n) is 4.85. The summed E-state index contributed by atoms with van der Waals surface area (Å²) in [6, 6.07) is 17.4. The standard InChI is InChI=1S/C16H12N4O/c21-16-10-15-18-17-11-19(15)13-8-4-5-9-14(13)20(16)12-6-2-1-3-7-12/h1-9,11H,10H2. The van der Waals surface area contributed by atoms with Gasteiger partial charge in [-0.2, -0.15) is 0 Å². The second kappa shape index (κ2) is 4.56. The highest BCUT2D eigenvalue weighted by Crippen LogP contribution is 2.34. The van der Waals surface area contributed by atoms with E-state index >= 15 is 0 Å². The van der Waals surface area contributed by atoms with Crippen molar-refractivity contribution < 1.29 is 4.79 Å². The first kappa shape index (κ1) is 11.8. The third-order valence-corrected chi connectivity index (χ3v) is 3.57. The Labute approximate surface area is 121 Å². The highest BCUT2D eigenvalue weighted by Gasteiger charge is 2.27. The number of fused-ring (bicyclic) bond motifs is 3. The monoisotopic (exact) mass is 276 g/mol. The predicted octanol–water partition coefficient (Wildman–Crippen LogP) is 2.49. The van der Waals surface area contributed by atoms with Crippen molar-refractivity contribution in [3.63, 3.8) is 0 Å². The minimum atomic E-state index is -0.0135. The molecule has 5 nitrogen and oxygen atoms in total. The molecule has 0 saturated carbocycles. The number of anilines is 2. The van der Waals surface area contributed by atoms with Gasteiger partial charge in [-0.05, 0) is 24.3 Å². The van der Waals surface area contributed by atoms with E-state index < -0.39 is 0 Å². The zero-order valence-corrected chi connectivity index (χ0v) is 11.2. The minimum absolute atomic E-state index is 0.0135. The first-order chi connectivity index (χ1) is 10.3. The summed E-state index contributed by atoms with van der Waals surface area (Å²) < 4.78 is 1.87. The van der Waals surface area contributed by atoms with Crippen LogP contribution in [0, 0.1) is 0 Å². The molecule has 0 spiro atoms. The molecule has 102 valence electrons. The van der Waals surface area contributed by atoms with Gasteiger partial charge in [0.25, 0.3) is 0 Å². The number of hydrogen-bond donors (Lipinski definition) is 0. The maximum atomic E-state index is 12.7. The van der Waals surface area contributed by atoms with Crippen LogP contribution in [0.4, 0.5) is 11.4 Å². The van der Waals surface area contributed by atoms with Crippen molar-refractivity contribution in [3.05, 3.63) is 66.7 Å². The quantitative estimate of drug-likeness (QED) is 0.686. The van der Waals surface area contributed by atoms with E-state index in [1.165, 1.54) is 0 Å². The van der Waals surface area contributed by atoms with E-state index in [0.717, 1.165) is 17.1 Å². The fraction of sp³-hybridized carbons (Fsp3) is 0.0625. The van der Waals surface area contributed by atoms with Gasteiger partial charge in [-0.15, -0.1) is 10.2 Å². The molecule has 0 radical (unpaired) electrons. The molecule has 1 amide bonds. The van der Waals surface area contributed by atoms with Crippen molar-refractivity contribution in [1.29, 1.82) is 0 Å². The fourth-order valence-corrected chi connectivity index (χ4v) is 2.65. The van der Waals surface area contributed by atoms with E-state index in [0.29, 0.717) is 5.82 Å². The molecule has 0 saturated heterocycles. The van der Waals surface area contributed by atoms with Gasteiger partial charge in [0.1, 0.15) is 12.2 Å². The molecule has 0 unspecified atom stereocenters. The number of aromatic nitrogens is 3. The molecule has 0 fully saturated rings. The van der Waals surface area contributed by atoms with Gasteiger partial charge in [-0.3, -0.25) is 14.3 Å². The summed E-state index contributed by atoms with van der Waals surface area (Å²) in [5.41, 5.74) is 2.60. The highest BCUT2D eigenvalue weighted by molar-refractivity contribution is 6.03. The van der Waals surface area contributed by atoms with Crippen LogP contribution >= 0.6 is 0 Å². The number of para-hydroxylation sites is 3. The molecule has 5 heteroatoms. The van der Waals surface area contributed by atoms with Crippen molar-refractivity contribution in [2.24, 2.45) is 0 Å². The summed E-state index contributed by atoms with van der Waals surface area (Å²) in [5, 5.41) is 7.98. The van der Waals surface area contributed by atoms with Gasteiger partial charge in [0, 0.05) is 5.69 Å². The van der Waals surface area contributed by atoms with Crippen molar-refractivity contribution >= 4 is 17.3 Å². The summed E-state index contributed by atoms with van der Waals surface area (Å²) in [6.45, 7) is 0. The van der Waals surface area contributed by atoms with E-state index in [1.54, 1.807) is 11.2 Å². The number of benzene rings is 2. The molecule has 0 aliphatic carbocycles. The molecule has 1 aromatic heterocycles. The average molecular weight is 276 g/mol. The van der Waals surface area contributed by atoms with Gasteiger partial charge in [-0.1, -0.05) is 30.3 Å². The third kappa shape index (κ3) is 1.82. The molecule has 21 heavy (non-hydrogen) atoms. The predicted molar refractivity (Wildman–Crippen MR) is 78.7 cm³/mol. The molecule has 0 bridgehead atoms. The van der Waals surface area contributed by atoms with E-state index in [4.69, 9.17) is 0 Å². The van der Waals surface area contributed by atoms with Gasteiger partial charge in [-0.25, -0.2) is 0 Å². The lowest BCUT2D eigenvalue weighted by Gasteiger charge is -2.22. The Hall–Kier alpha value is -2.95. The Morgan fingerprint density at radius 1 is 0.905 bits per heavy atom. The molecule has 0 atom stereocenters. The van der Waals surface area contributed by atoms with E-state index in [9.17, 15) is 4.79 Å². The van der Waals surface area contributed by atoms with Crippen molar-refractivity contribution in [1.82, 2.24) is 14.8 Å². The van der Waals surface area contributed by atoms with Crippen LogP contribution in [0.15, 0.2) is 60.9 Å². The van der Waals surface area contributed by atoms with Crippen LogP contribution in [0.3, 0.4) is 0 Å². The molecule has 1 aliphatic rings. The Bertz CT molecular complexity index is 810. The molecular formula is C16H12N4O. The SMILES string of the molecule is O=C1Cc2nncn2-c2ccccc2N1c1ccccc1. The number of amides is 1. The van der Waals surface area contributed by atoms with E-state index in [1.807, 2.05) is 59.2 Å². The zero-order valence-electron chi connectivity index (χ0n) is 11.2. The van der Waals surface area contributed by atoms with Gasteiger partial charge in [0.05, 0.1) is 17.8 Å². The zero-order chi connectivity index (χ0) is 14.2. The lowest BCUT2D eigenvalue weighted by Crippen LogP contribution is -2.26. The molecular weight excluding hydrogens is 264 g/mol. The van der Waals surface area contributed by atoms with Crippen LogP contribution in [0.25, 0.3) is 5.69 Å². The largest absolute Gasteiger partial charge is 0.283 e. The second-order valence-corrected chi connectivity index (χ2v) is 4.85. The average Bonchev–Trinajstić information content (AvgIpc) is 2.93. The number of carbonyl (C=O) groups is 1. The highest BCUT2D eigenvalue weighted by atomic mass is 16.2. The smallest absolute Gasteiger partial charge is 0.239 e. The number of rotatable bonds is 1. The van der Waals surface area contributed by atoms with Crippen molar-refractivity contribution in [2.45, 2.75) is 6.42 Å². The van der Waals surface area contributed by atoms with Gasteiger partial charge in [0.15, 0.2) is 0 Å². The normalized spacial score (nSPS) is 13.5. The van der Waals surface area contributed by atoms with Crippen LogP contribution in [0.1, 0.15) is 5.82 Å². The summed E-state index contributed by atoms with van der Waals surface area (Å²) in [7, 11) is 0. The number of carbonyl (C=O) groups excluding carboxylic acids is 1. The third-order valence-electron chi connectivity index (χ3n) is 3.57. The Morgan fingerprint density at radius 2 is 1.62 bits per heavy atom. The Kier molecular flexibility index (Phi) is 2.57. The Morgan fingerprint density at radius 3 is 2.43 bits per heavy atom. The molecule has 2 aromatic carbocycles. The molecule has 3 aromatic rings. The maximum absolute atomic E-state index is 12.7. The van der Waals surface area contributed by atoms with E-state index in [-0.39, 0.29) is 12.3 Å². The Balaban J connectivity index is 1.98. The topological polar surface area (TPSA) is 51.0 Å². The van der Waals surface area contributed by atoms with Crippen LogP contribution in [0.5, 0.6) is 0 Å². The van der Waals surface area contributed by atoms with Gasteiger partial charge >= 0.3 is 0 Å². The van der Waals surface area contributed by atoms with Gasteiger partial charge < -0.3 is 0 Å². The number of hydrogen-bond acceptors (Lipinski definition) is 3. The first-order valence-corrected chi connectivity index (χ1v) is 6.71. The van der Waals surface area contributed by atoms with Crippen LogP contribution in [-0.2, 0) is 11.2 Å². The summed E-state index contributed by atoms with van der Waals surface area (Å²) in [6.07, 6.45) is 1.87. The maximum Gasteiger partial charge on any atom is 0.239 e. The van der Waals surface area contributed by atoms with Crippen molar-refractivity contribution in [2.75, 3.05) is 4.90 Å². The summed E-state index contributed by atoms with van der Waals surface area (Å²) in [5.74, 6) is 0.645. The summed E-state index contributed by atoms with van der Waals surface area (Å²) in [4.78, 5) is 14.4. The van der Waals surface area contributed by atoms with Crippen molar-refractivity contribution in [3.8, 4) is 5.69 Å². The fourth-order valence-electron chi connectivity index (χ4n) is 2.65. The minimum Gasteiger partial charge on any atom is -0.283 e. The van der Waals surface area contributed by atoms with Crippen LogP contribution < -0.4 is 4.90 Å². The van der Waals surface area contributed by atoms with E-state index in [2.05, 4.69) is 10.2 Å². The molecule has 4 rings (SSSR count). The lowest BCUT2D eigenvalue weighted by molar-refractivity contribution is -0.117. The van der Waals surface area contributed by atoms with Crippen LogP contribution in [-0.4, -0.2) is 20.7 Å². The lowest BCUT2D eigenvalue weighted by atomic mass is 10.2. The van der Waals surface area contributed by atoms with Gasteiger partial charge in [0.2, 0.25) is 5.91 Å². The molecule has 1 aliphatic heterocycles. The van der Waals surface area contributed by atoms with Crippen LogP contribution in [0.2, 0.25) is 0 Å². The summed E-state index contributed by atoms with van der Waals surface area (Å²) >= 11 is 0.